The van der Waals surface area contributed by atoms with Crippen LogP contribution in [0.3, 0.4) is 0 Å². The second kappa shape index (κ2) is 8.69. The van der Waals surface area contributed by atoms with Crippen LogP contribution in [-0.2, 0) is 4.74 Å². The molecule has 2 fully saturated rings. The maximum absolute atomic E-state index is 13.6. The Morgan fingerprint density at radius 2 is 2.00 bits per heavy atom. The number of nitrogens with zero attached hydrogens (tertiary/aromatic N) is 2. The molecule has 1 aromatic carbocycles. The van der Waals surface area contributed by atoms with Crippen LogP contribution in [0.25, 0.3) is 0 Å². The summed E-state index contributed by atoms with van der Waals surface area (Å²) < 4.78 is 19.1. The molecule has 132 valence electrons. The van der Waals surface area contributed by atoms with Crippen molar-refractivity contribution in [2.45, 2.75) is 6.04 Å². The number of morpholine rings is 1. The number of carbonyl (C=O) groups excluding carboxylic acids is 1. The van der Waals surface area contributed by atoms with Gasteiger partial charge in [-0.25, -0.2) is 9.18 Å². The molecule has 24 heavy (non-hydrogen) atoms. The first-order chi connectivity index (χ1) is 11.7. The van der Waals surface area contributed by atoms with Crippen LogP contribution in [0.4, 0.5) is 9.18 Å². The minimum Gasteiger partial charge on any atom is -0.379 e. The summed E-state index contributed by atoms with van der Waals surface area (Å²) in [6, 6.07) is 6.60. The molecule has 2 amide bonds. The summed E-state index contributed by atoms with van der Waals surface area (Å²) in [4.78, 5) is 16.5. The summed E-state index contributed by atoms with van der Waals surface area (Å²) in [7, 11) is 0. The molecule has 7 heteroatoms. The van der Waals surface area contributed by atoms with Crippen molar-refractivity contribution in [2.24, 2.45) is 0 Å². The van der Waals surface area contributed by atoms with Crippen molar-refractivity contribution in [3.05, 3.63) is 35.6 Å². The van der Waals surface area contributed by atoms with E-state index in [1.807, 2.05) is 22.7 Å². The molecule has 1 atom stereocenters. The molecule has 2 heterocycles. The number of nitrogens with one attached hydrogen (secondary N) is 1. The number of carbonyl (C=O) groups is 1. The zero-order chi connectivity index (χ0) is 16.8. The van der Waals surface area contributed by atoms with E-state index in [9.17, 15) is 9.18 Å². The zero-order valence-electron chi connectivity index (χ0n) is 13.7. The molecule has 2 aliphatic heterocycles. The highest BCUT2D eigenvalue weighted by Gasteiger charge is 2.25. The van der Waals surface area contributed by atoms with Crippen LogP contribution >= 0.6 is 11.8 Å². The molecule has 3 rings (SSSR count). The van der Waals surface area contributed by atoms with Gasteiger partial charge in [0.2, 0.25) is 0 Å². The average molecular weight is 353 g/mol. The van der Waals surface area contributed by atoms with Gasteiger partial charge in [-0.2, -0.15) is 11.8 Å². The van der Waals surface area contributed by atoms with Gasteiger partial charge in [0.15, 0.2) is 0 Å². The molecular weight excluding hydrogens is 329 g/mol. The molecule has 2 saturated heterocycles. The molecule has 0 radical (unpaired) electrons. The number of urea groups is 1. The molecule has 1 unspecified atom stereocenters. The second-order valence-electron chi connectivity index (χ2n) is 6.00. The van der Waals surface area contributed by atoms with Crippen LogP contribution in [-0.4, -0.2) is 73.3 Å². The van der Waals surface area contributed by atoms with Crippen LogP contribution in [0.5, 0.6) is 0 Å². The van der Waals surface area contributed by atoms with Crippen molar-refractivity contribution in [3.8, 4) is 0 Å². The van der Waals surface area contributed by atoms with Crippen LogP contribution in [0.1, 0.15) is 11.6 Å². The number of benzene rings is 1. The SMILES string of the molecule is O=C(NCC(c1cccc(F)c1)N1CCOCC1)N1CCSCC1. The Hall–Kier alpha value is -1.31. The molecule has 1 aromatic rings. The number of rotatable bonds is 4. The first-order valence-corrected chi connectivity index (χ1v) is 9.57. The van der Waals surface area contributed by atoms with E-state index in [1.165, 1.54) is 6.07 Å². The number of amides is 2. The molecule has 0 aliphatic carbocycles. The van der Waals surface area contributed by atoms with Crippen LogP contribution in [0, 0.1) is 5.82 Å². The van der Waals surface area contributed by atoms with Gasteiger partial charge in [-0.05, 0) is 17.7 Å². The molecule has 0 bridgehead atoms. The summed E-state index contributed by atoms with van der Waals surface area (Å²) in [6.07, 6.45) is 0. The Bertz CT molecular complexity index is 548. The number of halogens is 1. The van der Waals surface area contributed by atoms with Gasteiger partial charge in [-0.1, -0.05) is 12.1 Å². The van der Waals surface area contributed by atoms with Gasteiger partial charge in [0, 0.05) is 44.2 Å². The average Bonchev–Trinajstić information content (AvgIpc) is 2.63. The van der Waals surface area contributed by atoms with E-state index in [0.29, 0.717) is 19.8 Å². The monoisotopic (exact) mass is 353 g/mol. The molecule has 5 nitrogen and oxygen atoms in total. The standard InChI is InChI=1S/C17H24FN3O2S/c18-15-3-1-2-14(12-15)16(20-4-8-23-9-5-20)13-19-17(22)21-6-10-24-11-7-21/h1-3,12,16H,4-11,13H2,(H,19,22). The quantitative estimate of drug-likeness (QED) is 0.899. The van der Waals surface area contributed by atoms with Gasteiger partial charge in [0.1, 0.15) is 5.82 Å². The lowest BCUT2D eigenvalue weighted by Gasteiger charge is -2.35. The third kappa shape index (κ3) is 4.62. The van der Waals surface area contributed by atoms with E-state index >= 15 is 0 Å². The van der Waals surface area contributed by atoms with E-state index in [4.69, 9.17) is 4.74 Å². The Balaban J connectivity index is 1.66. The summed E-state index contributed by atoms with van der Waals surface area (Å²) in [5.74, 6) is 1.74. The lowest BCUT2D eigenvalue weighted by molar-refractivity contribution is 0.0164. The van der Waals surface area contributed by atoms with Crippen LogP contribution < -0.4 is 5.32 Å². The zero-order valence-corrected chi connectivity index (χ0v) is 14.6. The topological polar surface area (TPSA) is 44.8 Å². The van der Waals surface area contributed by atoms with Crippen molar-refractivity contribution in [1.82, 2.24) is 15.1 Å². The van der Waals surface area contributed by atoms with Crippen molar-refractivity contribution >= 4 is 17.8 Å². The van der Waals surface area contributed by atoms with Crippen LogP contribution in [0.2, 0.25) is 0 Å². The van der Waals surface area contributed by atoms with Gasteiger partial charge in [0.05, 0.1) is 19.3 Å². The van der Waals surface area contributed by atoms with Crippen molar-refractivity contribution < 1.29 is 13.9 Å². The summed E-state index contributed by atoms with van der Waals surface area (Å²) in [6.45, 7) is 4.98. The normalized spacial score (nSPS) is 20.6. The van der Waals surface area contributed by atoms with Gasteiger partial charge in [-0.3, -0.25) is 4.90 Å². The van der Waals surface area contributed by atoms with Crippen molar-refractivity contribution in [1.29, 1.82) is 0 Å². The van der Waals surface area contributed by atoms with E-state index in [0.717, 1.165) is 43.2 Å². The number of thioether (sulfide) groups is 1. The predicted molar refractivity (Wildman–Crippen MR) is 93.8 cm³/mol. The van der Waals surface area contributed by atoms with Gasteiger partial charge in [0.25, 0.3) is 0 Å². The van der Waals surface area contributed by atoms with E-state index in [1.54, 1.807) is 12.1 Å². The second-order valence-corrected chi connectivity index (χ2v) is 7.23. The summed E-state index contributed by atoms with van der Waals surface area (Å²) in [5, 5.41) is 3.04. The Morgan fingerprint density at radius 3 is 2.71 bits per heavy atom. The molecule has 2 aliphatic rings. The lowest BCUT2D eigenvalue weighted by Crippen LogP contribution is -2.48. The van der Waals surface area contributed by atoms with E-state index in [-0.39, 0.29) is 17.9 Å². The molecular formula is C17H24FN3O2S. The Labute approximate surface area is 146 Å². The largest absolute Gasteiger partial charge is 0.379 e. The highest BCUT2D eigenvalue weighted by atomic mass is 32.2. The fraction of sp³-hybridized carbons (Fsp3) is 0.588. The van der Waals surface area contributed by atoms with Crippen molar-refractivity contribution in [3.63, 3.8) is 0 Å². The first-order valence-electron chi connectivity index (χ1n) is 8.42. The fourth-order valence-electron chi connectivity index (χ4n) is 3.12. The fourth-order valence-corrected chi connectivity index (χ4v) is 4.03. The molecule has 0 aromatic heterocycles. The summed E-state index contributed by atoms with van der Waals surface area (Å²) >= 11 is 1.88. The molecule has 0 spiro atoms. The third-order valence-corrected chi connectivity index (χ3v) is 5.41. The van der Waals surface area contributed by atoms with Gasteiger partial charge >= 0.3 is 6.03 Å². The van der Waals surface area contributed by atoms with E-state index in [2.05, 4.69) is 10.2 Å². The molecule has 0 saturated carbocycles. The highest BCUT2D eigenvalue weighted by Crippen LogP contribution is 2.22. The Kier molecular flexibility index (Phi) is 6.34. The lowest BCUT2D eigenvalue weighted by atomic mass is 10.0. The summed E-state index contributed by atoms with van der Waals surface area (Å²) in [5.41, 5.74) is 0.895. The third-order valence-electron chi connectivity index (χ3n) is 4.46. The van der Waals surface area contributed by atoms with E-state index < -0.39 is 0 Å². The minimum atomic E-state index is -0.245. The minimum absolute atomic E-state index is 0.0232. The van der Waals surface area contributed by atoms with Gasteiger partial charge < -0.3 is 15.0 Å². The number of hydrogen-bond donors (Lipinski definition) is 1. The van der Waals surface area contributed by atoms with Gasteiger partial charge in [-0.15, -0.1) is 0 Å². The Morgan fingerprint density at radius 1 is 1.25 bits per heavy atom. The molecule has 1 N–H and O–H groups in total. The smallest absolute Gasteiger partial charge is 0.317 e. The highest BCUT2D eigenvalue weighted by molar-refractivity contribution is 7.99. The van der Waals surface area contributed by atoms with Crippen molar-refractivity contribution in [2.75, 3.05) is 57.4 Å². The predicted octanol–water partition coefficient (Wildman–Crippen LogP) is 1.96. The van der Waals surface area contributed by atoms with Crippen LogP contribution in [0.15, 0.2) is 24.3 Å². The first kappa shape index (κ1) is 17.5. The maximum Gasteiger partial charge on any atom is 0.317 e. The number of hydrogen-bond acceptors (Lipinski definition) is 4. The number of ether oxygens (including phenoxy) is 1. The maximum atomic E-state index is 13.6.